The molecule has 0 heterocycles. The van der Waals surface area contributed by atoms with Crippen LogP contribution < -0.4 is 5.32 Å². The fourth-order valence-corrected chi connectivity index (χ4v) is 1.29. The van der Waals surface area contributed by atoms with Gasteiger partial charge in [-0.05, 0) is 36.7 Å². The number of hydrogen-bond acceptors (Lipinski definition) is 3. The summed E-state index contributed by atoms with van der Waals surface area (Å²) in [5.41, 5.74) is 0.297. The fraction of sp³-hybridized carbons (Fsp3) is 0.455. The Labute approximate surface area is 92.7 Å². The van der Waals surface area contributed by atoms with Crippen LogP contribution in [0.4, 0.5) is 8.78 Å². The highest BCUT2D eigenvalue weighted by Gasteiger charge is 2.04. The second-order valence-electron chi connectivity index (χ2n) is 3.53. The Morgan fingerprint density at radius 1 is 1.31 bits per heavy atom. The Kier molecular flexibility index (Phi) is 5.31. The molecule has 0 fully saturated rings. The maximum atomic E-state index is 13.1. The lowest BCUT2D eigenvalue weighted by Crippen LogP contribution is -2.30. The van der Waals surface area contributed by atoms with Crippen LogP contribution in [0, 0.1) is 11.6 Å². The predicted molar refractivity (Wildman–Crippen MR) is 56.0 cm³/mol. The Morgan fingerprint density at radius 3 is 2.75 bits per heavy atom. The van der Waals surface area contributed by atoms with Crippen molar-refractivity contribution in [3.05, 3.63) is 35.4 Å². The number of hydrogen-bond donors (Lipinski definition) is 3. The predicted octanol–water partition coefficient (Wildman–Crippen LogP) is 0.450. The Hall–Kier alpha value is -1.04. The summed E-state index contributed by atoms with van der Waals surface area (Å²) < 4.78 is 25.9. The molecule has 1 aromatic rings. The molecule has 1 aromatic carbocycles. The summed E-state index contributed by atoms with van der Waals surface area (Å²) in [6.45, 7) is 0.326. The van der Waals surface area contributed by atoms with Crippen molar-refractivity contribution in [2.45, 2.75) is 12.5 Å². The topological polar surface area (TPSA) is 52.5 Å². The van der Waals surface area contributed by atoms with Gasteiger partial charge in [0.2, 0.25) is 0 Å². The molecule has 5 heteroatoms. The van der Waals surface area contributed by atoms with E-state index in [2.05, 4.69) is 5.32 Å². The fourth-order valence-electron chi connectivity index (χ4n) is 1.29. The Bertz CT molecular complexity index is 334. The first-order valence-electron chi connectivity index (χ1n) is 5.07. The van der Waals surface area contributed by atoms with Crippen LogP contribution in [-0.4, -0.2) is 36.0 Å². The molecule has 16 heavy (non-hydrogen) atoms. The average Bonchev–Trinajstić information content (AvgIpc) is 2.28. The van der Waals surface area contributed by atoms with E-state index in [9.17, 15) is 8.78 Å². The lowest BCUT2D eigenvalue weighted by atomic mass is 10.1. The lowest BCUT2D eigenvalue weighted by molar-refractivity contribution is 0.0947. The number of benzene rings is 1. The van der Waals surface area contributed by atoms with E-state index in [1.165, 1.54) is 0 Å². The summed E-state index contributed by atoms with van der Waals surface area (Å²) in [6, 6.07) is 3.31. The van der Waals surface area contributed by atoms with Gasteiger partial charge in [-0.3, -0.25) is 0 Å². The maximum Gasteiger partial charge on any atom is 0.126 e. The first kappa shape index (κ1) is 13.0. The molecule has 0 aliphatic heterocycles. The summed E-state index contributed by atoms with van der Waals surface area (Å²) in [7, 11) is 0. The highest BCUT2D eigenvalue weighted by molar-refractivity contribution is 5.18. The largest absolute Gasteiger partial charge is 0.394 e. The van der Waals surface area contributed by atoms with Crippen molar-refractivity contribution in [3.8, 4) is 0 Å². The molecule has 0 saturated carbocycles. The van der Waals surface area contributed by atoms with E-state index in [0.29, 0.717) is 18.5 Å². The van der Waals surface area contributed by atoms with E-state index in [1.54, 1.807) is 0 Å². The van der Waals surface area contributed by atoms with Gasteiger partial charge in [0.25, 0.3) is 0 Å². The van der Waals surface area contributed by atoms with Gasteiger partial charge in [0.05, 0.1) is 12.7 Å². The SMILES string of the molecule is OCC(O)CNCCc1cc(F)ccc1F. The molecule has 0 saturated heterocycles. The van der Waals surface area contributed by atoms with Crippen LogP contribution in [0.15, 0.2) is 18.2 Å². The van der Waals surface area contributed by atoms with E-state index in [1.807, 2.05) is 0 Å². The number of aliphatic hydroxyl groups is 2. The number of rotatable bonds is 6. The minimum atomic E-state index is -0.822. The van der Waals surface area contributed by atoms with Crippen LogP contribution in [-0.2, 0) is 6.42 Å². The summed E-state index contributed by atoms with van der Waals surface area (Å²) in [5, 5.41) is 20.4. The zero-order valence-corrected chi connectivity index (χ0v) is 8.79. The van der Waals surface area contributed by atoms with Crippen molar-refractivity contribution in [2.75, 3.05) is 19.7 Å². The minimum absolute atomic E-state index is 0.230. The van der Waals surface area contributed by atoms with Crippen LogP contribution in [0.2, 0.25) is 0 Å². The first-order chi connectivity index (χ1) is 7.63. The van der Waals surface area contributed by atoms with Gasteiger partial charge in [-0.25, -0.2) is 8.78 Å². The van der Waals surface area contributed by atoms with Gasteiger partial charge >= 0.3 is 0 Å². The smallest absolute Gasteiger partial charge is 0.126 e. The lowest BCUT2D eigenvalue weighted by Gasteiger charge is -2.09. The molecule has 0 bridgehead atoms. The van der Waals surface area contributed by atoms with Gasteiger partial charge in [-0.15, -0.1) is 0 Å². The van der Waals surface area contributed by atoms with Crippen LogP contribution in [0.5, 0.6) is 0 Å². The number of halogens is 2. The molecule has 0 spiro atoms. The van der Waals surface area contributed by atoms with Crippen LogP contribution in [0.3, 0.4) is 0 Å². The monoisotopic (exact) mass is 231 g/mol. The highest BCUT2D eigenvalue weighted by atomic mass is 19.1. The maximum absolute atomic E-state index is 13.1. The molecule has 1 atom stereocenters. The second-order valence-corrected chi connectivity index (χ2v) is 3.53. The van der Waals surface area contributed by atoms with E-state index >= 15 is 0 Å². The quantitative estimate of drug-likeness (QED) is 0.623. The van der Waals surface area contributed by atoms with Crippen molar-refractivity contribution < 1.29 is 19.0 Å². The number of nitrogens with one attached hydrogen (secondary N) is 1. The van der Waals surface area contributed by atoms with Crippen molar-refractivity contribution in [2.24, 2.45) is 0 Å². The molecule has 0 aromatic heterocycles. The summed E-state index contributed by atoms with van der Waals surface area (Å²) in [5.74, 6) is -0.905. The molecular weight excluding hydrogens is 216 g/mol. The zero-order chi connectivity index (χ0) is 12.0. The zero-order valence-electron chi connectivity index (χ0n) is 8.79. The van der Waals surface area contributed by atoms with Gasteiger partial charge in [0.1, 0.15) is 11.6 Å². The van der Waals surface area contributed by atoms with Crippen molar-refractivity contribution in [1.82, 2.24) is 5.32 Å². The van der Waals surface area contributed by atoms with Crippen molar-refractivity contribution >= 4 is 0 Å². The van der Waals surface area contributed by atoms with Gasteiger partial charge in [-0.1, -0.05) is 0 Å². The summed E-state index contributed by atoms with van der Waals surface area (Å²) >= 11 is 0. The molecule has 1 rings (SSSR count). The minimum Gasteiger partial charge on any atom is -0.394 e. The third-order valence-electron chi connectivity index (χ3n) is 2.17. The van der Waals surface area contributed by atoms with Crippen LogP contribution in [0.1, 0.15) is 5.56 Å². The first-order valence-corrected chi connectivity index (χ1v) is 5.07. The highest BCUT2D eigenvalue weighted by Crippen LogP contribution is 2.09. The molecular formula is C11H15F2NO2. The van der Waals surface area contributed by atoms with Crippen molar-refractivity contribution in [1.29, 1.82) is 0 Å². The van der Waals surface area contributed by atoms with Gasteiger partial charge < -0.3 is 15.5 Å². The van der Waals surface area contributed by atoms with Crippen molar-refractivity contribution in [3.63, 3.8) is 0 Å². The third kappa shape index (κ3) is 4.22. The molecule has 3 N–H and O–H groups in total. The molecule has 90 valence electrons. The molecule has 0 amide bonds. The third-order valence-corrected chi connectivity index (χ3v) is 2.17. The molecule has 0 aliphatic carbocycles. The van der Waals surface area contributed by atoms with E-state index in [4.69, 9.17) is 10.2 Å². The normalized spacial score (nSPS) is 12.8. The molecule has 0 radical (unpaired) electrons. The van der Waals surface area contributed by atoms with Gasteiger partial charge in [0.15, 0.2) is 0 Å². The Balaban J connectivity index is 2.34. The molecule has 0 aliphatic rings. The van der Waals surface area contributed by atoms with Crippen LogP contribution >= 0.6 is 0 Å². The molecule has 1 unspecified atom stereocenters. The van der Waals surface area contributed by atoms with Gasteiger partial charge in [-0.2, -0.15) is 0 Å². The summed E-state index contributed by atoms with van der Waals surface area (Å²) in [6.07, 6.45) is -0.487. The molecule has 3 nitrogen and oxygen atoms in total. The van der Waals surface area contributed by atoms with E-state index in [-0.39, 0.29) is 13.2 Å². The van der Waals surface area contributed by atoms with Crippen LogP contribution in [0.25, 0.3) is 0 Å². The van der Waals surface area contributed by atoms with Gasteiger partial charge in [0, 0.05) is 6.54 Å². The van der Waals surface area contributed by atoms with E-state index in [0.717, 1.165) is 18.2 Å². The summed E-state index contributed by atoms with van der Waals surface area (Å²) in [4.78, 5) is 0. The standard InChI is InChI=1S/C11H15F2NO2/c12-9-1-2-11(13)8(5-9)3-4-14-6-10(16)7-15/h1-2,5,10,14-16H,3-4,6-7H2. The average molecular weight is 231 g/mol. The second kappa shape index (κ2) is 6.52. The van der Waals surface area contributed by atoms with E-state index < -0.39 is 17.7 Å². The number of aliphatic hydroxyl groups excluding tert-OH is 2. The Morgan fingerprint density at radius 2 is 2.06 bits per heavy atom.